The van der Waals surface area contributed by atoms with E-state index in [1.807, 2.05) is 0 Å². The summed E-state index contributed by atoms with van der Waals surface area (Å²) >= 11 is 1.45. The maximum absolute atomic E-state index is 12.3. The topological polar surface area (TPSA) is 107 Å². The minimum absolute atomic E-state index is 0.123. The molecular formula is C16H16N4O3S. The molecule has 2 aromatic rings. The molecule has 0 saturated carbocycles. The maximum Gasteiger partial charge on any atom is 0.257 e. The van der Waals surface area contributed by atoms with E-state index in [1.54, 1.807) is 42.0 Å². The summed E-state index contributed by atoms with van der Waals surface area (Å²) in [4.78, 5) is 40.3. The van der Waals surface area contributed by atoms with Crippen LogP contribution in [0.1, 0.15) is 28.4 Å². The molecule has 0 bridgehead atoms. The average Bonchev–Trinajstić information content (AvgIpc) is 2.94. The lowest BCUT2D eigenvalue weighted by Gasteiger charge is -2.14. The standard InChI is InChI=1S/C16H16N4O3S/c1-9-7-18-16-20(15(9)23)10(8-24-16)6-13(21)19-12-5-3-2-4-11(12)14(17)22/h2-5,7,10H,6,8H2,1H3,(H2,17,22)(H,19,21)/t10-/m1/s1. The fourth-order valence-electron chi connectivity index (χ4n) is 2.59. The van der Waals surface area contributed by atoms with Crippen LogP contribution in [0, 0.1) is 6.92 Å². The summed E-state index contributed by atoms with van der Waals surface area (Å²) in [5.41, 5.74) is 6.35. The molecule has 0 aliphatic carbocycles. The number of rotatable bonds is 4. The second-order valence-corrected chi connectivity index (χ2v) is 6.51. The number of para-hydroxylation sites is 1. The third-order valence-electron chi connectivity index (χ3n) is 3.79. The van der Waals surface area contributed by atoms with E-state index in [0.717, 1.165) is 0 Å². The summed E-state index contributed by atoms with van der Waals surface area (Å²) in [5.74, 6) is -0.282. The third-order valence-corrected chi connectivity index (χ3v) is 4.90. The highest BCUT2D eigenvalue weighted by Gasteiger charge is 2.27. The molecule has 3 N–H and O–H groups in total. The summed E-state index contributed by atoms with van der Waals surface area (Å²) < 4.78 is 1.57. The number of fused-ring (bicyclic) bond motifs is 1. The van der Waals surface area contributed by atoms with Gasteiger partial charge < -0.3 is 11.1 Å². The Labute approximate surface area is 142 Å². The fraction of sp³-hybridized carbons (Fsp3) is 0.250. The van der Waals surface area contributed by atoms with Gasteiger partial charge in [0.1, 0.15) is 0 Å². The molecule has 1 aliphatic heterocycles. The van der Waals surface area contributed by atoms with Gasteiger partial charge in [-0.3, -0.25) is 19.0 Å². The van der Waals surface area contributed by atoms with Crippen molar-refractivity contribution in [1.82, 2.24) is 9.55 Å². The van der Waals surface area contributed by atoms with Crippen molar-refractivity contribution in [2.24, 2.45) is 5.73 Å². The Morgan fingerprint density at radius 1 is 1.42 bits per heavy atom. The molecule has 1 aromatic carbocycles. The molecule has 2 amide bonds. The second kappa shape index (κ2) is 6.48. The number of carbonyl (C=O) groups excluding carboxylic acids is 2. The summed E-state index contributed by atoms with van der Waals surface area (Å²) in [6.07, 6.45) is 1.67. The maximum atomic E-state index is 12.3. The molecule has 0 unspecified atom stereocenters. The van der Waals surface area contributed by atoms with Gasteiger partial charge in [-0.25, -0.2) is 4.98 Å². The van der Waals surface area contributed by atoms with Gasteiger partial charge in [0, 0.05) is 23.9 Å². The number of primary amides is 1. The minimum atomic E-state index is -0.608. The van der Waals surface area contributed by atoms with Crippen LogP contribution in [0.25, 0.3) is 0 Å². The van der Waals surface area contributed by atoms with Crippen molar-refractivity contribution in [2.75, 3.05) is 11.1 Å². The third kappa shape index (κ3) is 3.05. The molecular weight excluding hydrogens is 328 g/mol. The quantitative estimate of drug-likeness (QED) is 0.814. The Morgan fingerprint density at radius 3 is 2.92 bits per heavy atom. The first kappa shape index (κ1) is 16.3. The number of nitrogens with zero attached hydrogens (tertiary/aromatic N) is 2. The molecule has 3 rings (SSSR count). The van der Waals surface area contributed by atoms with Crippen molar-refractivity contribution in [3.8, 4) is 0 Å². The highest BCUT2D eigenvalue weighted by Crippen LogP contribution is 2.32. The monoisotopic (exact) mass is 344 g/mol. The second-order valence-electron chi connectivity index (χ2n) is 5.53. The Balaban J connectivity index is 1.78. The molecule has 2 heterocycles. The number of hydrogen-bond donors (Lipinski definition) is 2. The van der Waals surface area contributed by atoms with Crippen LogP contribution in [0.5, 0.6) is 0 Å². The lowest BCUT2D eigenvalue weighted by molar-refractivity contribution is -0.116. The van der Waals surface area contributed by atoms with Gasteiger partial charge in [0.2, 0.25) is 5.91 Å². The molecule has 124 valence electrons. The largest absolute Gasteiger partial charge is 0.366 e. The summed E-state index contributed by atoms with van der Waals surface area (Å²) in [6, 6.07) is 6.29. The first-order chi connectivity index (χ1) is 11.5. The van der Waals surface area contributed by atoms with E-state index in [9.17, 15) is 14.4 Å². The Bertz CT molecular complexity index is 878. The van der Waals surface area contributed by atoms with E-state index in [-0.39, 0.29) is 29.5 Å². The van der Waals surface area contributed by atoms with E-state index >= 15 is 0 Å². The van der Waals surface area contributed by atoms with Crippen molar-refractivity contribution in [2.45, 2.75) is 24.5 Å². The molecule has 0 spiro atoms. The van der Waals surface area contributed by atoms with E-state index < -0.39 is 5.91 Å². The lowest BCUT2D eigenvalue weighted by Crippen LogP contribution is -2.29. The number of hydrogen-bond acceptors (Lipinski definition) is 5. The van der Waals surface area contributed by atoms with Gasteiger partial charge >= 0.3 is 0 Å². The van der Waals surface area contributed by atoms with Crippen LogP contribution in [-0.2, 0) is 4.79 Å². The van der Waals surface area contributed by atoms with E-state index in [1.165, 1.54) is 11.8 Å². The zero-order valence-electron chi connectivity index (χ0n) is 13.0. The number of benzene rings is 1. The van der Waals surface area contributed by atoms with Crippen LogP contribution in [0.15, 0.2) is 40.4 Å². The molecule has 0 fully saturated rings. The van der Waals surface area contributed by atoms with Crippen molar-refractivity contribution < 1.29 is 9.59 Å². The van der Waals surface area contributed by atoms with E-state index in [2.05, 4.69) is 10.3 Å². The highest BCUT2D eigenvalue weighted by atomic mass is 32.2. The van der Waals surface area contributed by atoms with Gasteiger partial charge in [-0.05, 0) is 19.1 Å². The molecule has 0 radical (unpaired) electrons. The summed E-state index contributed by atoms with van der Waals surface area (Å²) in [5, 5.41) is 3.32. The molecule has 7 nitrogen and oxygen atoms in total. The lowest BCUT2D eigenvalue weighted by atomic mass is 10.1. The van der Waals surface area contributed by atoms with Crippen LogP contribution in [0.4, 0.5) is 5.69 Å². The number of amides is 2. The van der Waals surface area contributed by atoms with Gasteiger partial charge in [0.25, 0.3) is 11.5 Å². The first-order valence-electron chi connectivity index (χ1n) is 7.37. The zero-order valence-corrected chi connectivity index (χ0v) is 13.8. The van der Waals surface area contributed by atoms with Crippen molar-refractivity contribution in [1.29, 1.82) is 0 Å². The summed E-state index contributed by atoms with van der Waals surface area (Å²) in [7, 11) is 0. The smallest absolute Gasteiger partial charge is 0.257 e. The normalized spacial score (nSPS) is 15.8. The van der Waals surface area contributed by atoms with Gasteiger partial charge in [-0.2, -0.15) is 0 Å². The molecule has 0 saturated heterocycles. The van der Waals surface area contributed by atoms with Crippen LogP contribution < -0.4 is 16.6 Å². The fourth-order valence-corrected chi connectivity index (χ4v) is 3.70. The first-order valence-corrected chi connectivity index (χ1v) is 8.35. The van der Waals surface area contributed by atoms with Gasteiger partial charge in [-0.1, -0.05) is 23.9 Å². The Kier molecular flexibility index (Phi) is 4.39. The van der Waals surface area contributed by atoms with E-state index in [0.29, 0.717) is 22.2 Å². The summed E-state index contributed by atoms with van der Waals surface area (Å²) in [6.45, 7) is 1.70. The highest BCUT2D eigenvalue weighted by molar-refractivity contribution is 7.99. The Morgan fingerprint density at radius 2 is 2.17 bits per heavy atom. The van der Waals surface area contributed by atoms with Gasteiger partial charge in [-0.15, -0.1) is 0 Å². The number of nitrogens with one attached hydrogen (secondary N) is 1. The number of carbonyl (C=O) groups is 2. The average molecular weight is 344 g/mol. The van der Waals surface area contributed by atoms with Crippen LogP contribution in [0.2, 0.25) is 0 Å². The number of aromatic nitrogens is 2. The number of aryl methyl sites for hydroxylation is 1. The zero-order chi connectivity index (χ0) is 17.3. The van der Waals surface area contributed by atoms with E-state index in [4.69, 9.17) is 5.73 Å². The minimum Gasteiger partial charge on any atom is -0.366 e. The molecule has 24 heavy (non-hydrogen) atoms. The Hall–Kier alpha value is -2.61. The van der Waals surface area contributed by atoms with Gasteiger partial charge in [0.15, 0.2) is 5.16 Å². The number of nitrogens with two attached hydrogens (primary N) is 1. The van der Waals surface area contributed by atoms with Crippen molar-refractivity contribution >= 4 is 29.3 Å². The molecule has 1 atom stereocenters. The van der Waals surface area contributed by atoms with Crippen LogP contribution in [-0.4, -0.2) is 27.1 Å². The number of anilines is 1. The number of thioether (sulfide) groups is 1. The van der Waals surface area contributed by atoms with Crippen LogP contribution >= 0.6 is 11.8 Å². The molecule has 1 aliphatic rings. The predicted molar refractivity (Wildman–Crippen MR) is 91.2 cm³/mol. The molecule has 8 heteroatoms. The van der Waals surface area contributed by atoms with Crippen molar-refractivity contribution in [3.05, 3.63) is 51.9 Å². The van der Waals surface area contributed by atoms with Gasteiger partial charge in [0.05, 0.1) is 17.3 Å². The predicted octanol–water partition coefficient (Wildman–Crippen LogP) is 1.33. The van der Waals surface area contributed by atoms with Crippen LogP contribution in [0.3, 0.4) is 0 Å². The SMILES string of the molecule is Cc1cnc2n(c1=O)[C@H](CC(=O)Nc1ccccc1C(N)=O)CS2. The molecule has 1 aromatic heterocycles. The van der Waals surface area contributed by atoms with Crippen molar-refractivity contribution in [3.63, 3.8) is 0 Å².